The Balaban J connectivity index is 1.31. The number of hydrogen-bond donors (Lipinski definition) is 0. The van der Waals surface area contributed by atoms with E-state index in [1.165, 1.54) is 12.1 Å². The highest BCUT2D eigenvalue weighted by Gasteiger charge is 2.29. The third kappa shape index (κ3) is 5.73. The van der Waals surface area contributed by atoms with Crippen LogP contribution in [0.25, 0.3) is 10.8 Å². The van der Waals surface area contributed by atoms with Gasteiger partial charge in [0.1, 0.15) is 0 Å². The summed E-state index contributed by atoms with van der Waals surface area (Å²) in [5.74, 6) is 0. The van der Waals surface area contributed by atoms with E-state index in [0.717, 1.165) is 34.3 Å². The van der Waals surface area contributed by atoms with Crippen molar-refractivity contribution in [3.63, 3.8) is 0 Å². The second-order valence-corrected chi connectivity index (χ2v) is 8.41. The number of benzene rings is 4. The molecular formula is C29H21F3N6. The van der Waals surface area contributed by atoms with E-state index in [0.29, 0.717) is 22.7 Å². The fourth-order valence-electron chi connectivity index (χ4n) is 3.74. The van der Waals surface area contributed by atoms with Crippen molar-refractivity contribution in [3.8, 4) is 0 Å². The number of fused-ring (bicyclic) bond motifs is 1. The first-order valence-electron chi connectivity index (χ1n) is 11.6. The van der Waals surface area contributed by atoms with E-state index in [1.807, 2.05) is 72.6 Å². The highest BCUT2D eigenvalue weighted by molar-refractivity contribution is 6.01. The van der Waals surface area contributed by atoms with Gasteiger partial charge in [-0.3, -0.25) is 4.99 Å². The zero-order chi connectivity index (χ0) is 26.5. The van der Waals surface area contributed by atoms with Crippen molar-refractivity contribution in [3.05, 3.63) is 115 Å². The van der Waals surface area contributed by atoms with Crippen molar-refractivity contribution in [2.75, 3.05) is 0 Å². The molecule has 0 radical (unpaired) electrons. The van der Waals surface area contributed by atoms with Gasteiger partial charge in [-0.05, 0) is 72.8 Å². The first-order valence-corrected chi connectivity index (χ1v) is 11.6. The van der Waals surface area contributed by atoms with Gasteiger partial charge < -0.3 is 4.57 Å². The molecule has 0 aliphatic heterocycles. The van der Waals surface area contributed by atoms with Gasteiger partial charge in [0.15, 0.2) is 0 Å². The van der Waals surface area contributed by atoms with Crippen molar-refractivity contribution in [2.45, 2.75) is 6.18 Å². The monoisotopic (exact) mass is 510 g/mol. The molecule has 0 aliphatic carbocycles. The summed E-state index contributed by atoms with van der Waals surface area (Å²) in [6.45, 7) is 0. The minimum Gasteiger partial charge on any atom is -0.350 e. The molecule has 1 aromatic heterocycles. The number of halogens is 3. The molecule has 0 bridgehead atoms. The molecule has 1 heterocycles. The van der Waals surface area contributed by atoms with E-state index in [4.69, 9.17) is 0 Å². The van der Waals surface area contributed by atoms with Crippen LogP contribution in [0.1, 0.15) is 11.3 Å². The largest absolute Gasteiger partial charge is 0.416 e. The lowest BCUT2D eigenvalue weighted by molar-refractivity contribution is -0.137. The number of alkyl halides is 3. The average molecular weight is 511 g/mol. The summed E-state index contributed by atoms with van der Waals surface area (Å²) >= 11 is 0. The van der Waals surface area contributed by atoms with Crippen LogP contribution in [0.3, 0.4) is 0 Å². The van der Waals surface area contributed by atoms with Crippen molar-refractivity contribution in [2.24, 2.45) is 32.5 Å². The van der Waals surface area contributed by atoms with E-state index in [1.54, 1.807) is 24.3 Å². The highest BCUT2D eigenvalue weighted by Crippen LogP contribution is 2.35. The van der Waals surface area contributed by atoms with Gasteiger partial charge in [0.2, 0.25) is 0 Å². The number of aryl methyl sites for hydroxylation is 1. The quantitative estimate of drug-likeness (QED) is 0.161. The maximum absolute atomic E-state index is 12.7. The summed E-state index contributed by atoms with van der Waals surface area (Å²) in [5.41, 5.74) is 3.30. The lowest BCUT2D eigenvalue weighted by Gasteiger charge is -2.05. The SMILES string of the molecule is Cn1cccc1C=Nc1ccc(N=Nc2ccc(N=Nc3ccc(C(F)(F)F)cc3)cc2)c2ccccc12. The lowest BCUT2D eigenvalue weighted by Crippen LogP contribution is -2.03. The molecule has 0 aliphatic rings. The number of nitrogens with zero attached hydrogens (tertiary/aromatic N) is 6. The number of hydrogen-bond acceptors (Lipinski definition) is 5. The van der Waals surface area contributed by atoms with E-state index in [9.17, 15) is 13.2 Å². The third-order valence-electron chi connectivity index (χ3n) is 5.80. The van der Waals surface area contributed by atoms with Crippen LogP contribution < -0.4 is 0 Å². The van der Waals surface area contributed by atoms with Gasteiger partial charge >= 0.3 is 6.18 Å². The zero-order valence-electron chi connectivity index (χ0n) is 20.2. The molecule has 38 heavy (non-hydrogen) atoms. The Morgan fingerprint density at radius 3 is 1.68 bits per heavy atom. The second-order valence-electron chi connectivity index (χ2n) is 8.41. The van der Waals surface area contributed by atoms with Gasteiger partial charge in [-0.15, -0.1) is 5.11 Å². The molecule has 0 amide bonds. The number of aliphatic imine (C=N–C) groups is 1. The molecule has 6 nitrogen and oxygen atoms in total. The molecule has 188 valence electrons. The Labute approximate surface area is 216 Å². The fourth-order valence-corrected chi connectivity index (χ4v) is 3.74. The molecule has 9 heteroatoms. The van der Waals surface area contributed by atoms with Crippen LogP contribution in [0.2, 0.25) is 0 Å². The van der Waals surface area contributed by atoms with Crippen LogP contribution in [0.4, 0.5) is 41.6 Å². The van der Waals surface area contributed by atoms with Gasteiger partial charge in [-0.1, -0.05) is 24.3 Å². The molecule has 0 saturated carbocycles. The highest BCUT2D eigenvalue weighted by atomic mass is 19.4. The van der Waals surface area contributed by atoms with Crippen LogP contribution >= 0.6 is 0 Å². The Morgan fingerprint density at radius 1 is 0.605 bits per heavy atom. The molecule has 0 saturated heterocycles. The van der Waals surface area contributed by atoms with Crippen LogP contribution in [0, 0.1) is 0 Å². The number of azo groups is 2. The molecular weight excluding hydrogens is 489 g/mol. The first-order chi connectivity index (χ1) is 18.4. The summed E-state index contributed by atoms with van der Waals surface area (Å²) in [5, 5.41) is 18.8. The Hall–Kier alpha value is -4.92. The predicted octanol–water partition coefficient (Wildman–Crippen LogP) is 9.78. The topological polar surface area (TPSA) is 66.7 Å². The fraction of sp³-hybridized carbons (Fsp3) is 0.0690. The maximum Gasteiger partial charge on any atom is 0.416 e. The molecule has 0 N–H and O–H groups in total. The summed E-state index contributed by atoms with van der Waals surface area (Å²) in [7, 11) is 1.97. The van der Waals surface area contributed by atoms with Crippen LogP contribution in [-0.2, 0) is 13.2 Å². The Bertz CT molecular complexity index is 1650. The summed E-state index contributed by atoms with van der Waals surface area (Å²) < 4.78 is 40.1. The molecule has 0 atom stereocenters. The van der Waals surface area contributed by atoms with E-state index in [-0.39, 0.29) is 0 Å². The van der Waals surface area contributed by atoms with Crippen LogP contribution in [0.15, 0.2) is 129 Å². The van der Waals surface area contributed by atoms with Gasteiger partial charge in [0, 0.05) is 24.0 Å². The third-order valence-corrected chi connectivity index (χ3v) is 5.80. The van der Waals surface area contributed by atoms with Crippen molar-refractivity contribution in [1.82, 2.24) is 4.57 Å². The van der Waals surface area contributed by atoms with Crippen molar-refractivity contribution < 1.29 is 13.2 Å². The van der Waals surface area contributed by atoms with Crippen LogP contribution in [0.5, 0.6) is 0 Å². The summed E-state index contributed by atoms with van der Waals surface area (Å²) in [6.07, 6.45) is -0.582. The minimum atomic E-state index is -4.38. The molecule has 5 aromatic rings. The molecule has 5 rings (SSSR count). The van der Waals surface area contributed by atoms with Gasteiger partial charge in [-0.25, -0.2) is 0 Å². The molecule has 0 unspecified atom stereocenters. The van der Waals surface area contributed by atoms with E-state index in [2.05, 4.69) is 25.4 Å². The van der Waals surface area contributed by atoms with Gasteiger partial charge in [0.05, 0.1) is 45.9 Å². The van der Waals surface area contributed by atoms with Crippen LogP contribution in [-0.4, -0.2) is 10.8 Å². The predicted molar refractivity (Wildman–Crippen MR) is 143 cm³/mol. The second kappa shape index (κ2) is 10.6. The van der Waals surface area contributed by atoms with E-state index >= 15 is 0 Å². The number of aromatic nitrogens is 1. The smallest absolute Gasteiger partial charge is 0.350 e. The molecule has 0 spiro atoms. The Kier molecular flexibility index (Phi) is 6.90. The zero-order valence-corrected chi connectivity index (χ0v) is 20.2. The Morgan fingerprint density at radius 2 is 1.13 bits per heavy atom. The maximum atomic E-state index is 12.7. The van der Waals surface area contributed by atoms with Crippen molar-refractivity contribution in [1.29, 1.82) is 0 Å². The average Bonchev–Trinajstić information content (AvgIpc) is 3.34. The minimum absolute atomic E-state index is 0.324. The molecule has 4 aromatic carbocycles. The number of rotatable bonds is 6. The normalized spacial score (nSPS) is 12.4. The first kappa shape index (κ1) is 24.8. The lowest BCUT2D eigenvalue weighted by atomic mass is 10.1. The molecule has 0 fully saturated rings. The van der Waals surface area contributed by atoms with E-state index < -0.39 is 11.7 Å². The standard InChI is InChI=1S/C29H21F3N6/c1-38-18-4-5-24(38)19-33-27-16-17-28(26-7-3-2-6-25(26)27)37-36-23-14-12-22(13-15-23)35-34-21-10-8-20(9-11-21)29(30,31)32/h2-19H,1H3. The summed E-state index contributed by atoms with van der Waals surface area (Å²) in [4.78, 5) is 4.67. The van der Waals surface area contributed by atoms with Crippen molar-refractivity contribution >= 4 is 45.4 Å². The summed E-state index contributed by atoms with van der Waals surface area (Å²) in [6, 6.07) is 27.1. The van der Waals surface area contributed by atoms with Gasteiger partial charge in [-0.2, -0.15) is 28.5 Å². The van der Waals surface area contributed by atoms with Gasteiger partial charge in [0.25, 0.3) is 0 Å².